The standard InChI is InChI=1S/C35H37F2N9O3/c1-34(47)17-45(9-10-48-18-34)32-27-29-30(28(42-44(29)3)26-23-12-22(37)6-5-21(23)11-25-24(26)15-38-41-25)43(2)31(27)39-33(40-32)49-19-35-7-4-8-46(35)16-20(13-35)14-36/h5-6,11-12,14-15,47H,4,7-10,13,16-19H2,1-3H3,(H,38,41)/b20-14-/t34-,35-/m0/s1. The van der Waals surface area contributed by atoms with Crippen LogP contribution >= 0.6 is 0 Å². The fraction of sp³-hybridized carbons (Fsp3) is 0.429. The van der Waals surface area contributed by atoms with Crippen LogP contribution in [0.3, 0.4) is 0 Å². The van der Waals surface area contributed by atoms with Crippen LogP contribution in [0.25, 0.3) is 55.0 Å². The summed E-state index contributed by atoms with van der Waals surface area (Å²) >= 11 is 0. The Bertz CT molecular complexity index is 2330. The summed E-state index contributed by atoms with van der Waals surface area (Å²) < 4.78 is 44.5. The molecule has 4 aromatic heterocycles. The Kier molecular flexibility index (Phi) is 6.78. The number of hydrogen-bond donors (Lipinski definition) is 2. The lowest BCUT2D eigenvalue weighted by molar-refractivity contribution is -0.0123. The summed E-state index contributed by atoms with van der Waals surface area (Å²) in [5.74, 6) is 0.253. The van der Waals surface area contributed by atoms with Gasteiger partial charge in [-0.05, 0) is 67.3 Å². The maximum atomic E-state index is 14.8. The van der Waals surface area contributed by atoms with Crippen LogP contribution in [0.1, 0.15) is 26.2 Å². The number of nitrogens with one attached hydrogen (secondary N) is 1. The number of ether oxygens (including phenoxy) is 2. The molecular weight excluding hydrogens is 632 g/mol. The average Bonchev–Trinajstić information content (AvgIpc) is 3.87. The summed E-state index contributed by atoms with van der Waals surface area (Å²) in [4.78, 5) is 14.4. The van der Waals surface area contributed by atoms with Crippen molar-refractivity contribution in [3.8, 4) is 17.3 Å². The molecule has 2 N–H and O–H groups in total. The van der Waals surface area contributed by atoms with Crippen LogP contribution in [0.5, 0.6) is 6.01 Å². The van der Waals surface area contributed by atoms with Crippen molar-refractivity contribution < 1.29 is 23.4 Å². The molecule has 3 aliphatic rings. The van der Waals surface area contributed by atoms with Gasteiger partial charge in [0.15, 0.2) is 5.65 Å². The number of rotatable bonds is 5. The number of benzene rings is 2. The summed E-state index contributed by atoms with van der Waals surface area (Å²) in [6, 6.07) is 6.92. The maximum Gasteiger partial charge on any atom is 0.320 e. The van der Waals surface area contributed by atoms with Crippen molar-refractivity contribution >= 4 is 49.6 Å². The van der Waals surface area contributed by atoms with Gasteiger partial charge in [0.05, 0.1) is 59.8 Å². The largest absolute Gasteiger partial charge is 0.461 e. The van der Waals surface area contributed by atoms with Crippen molar-refractivity contribution in [3.05, 3.63) is 48.2 Å². The minimum Gasteiger partial charge on any atom is -0.461 e. The number of fused-ring (bicyclic) bond motifs is 6. The molecule has 14 heteroatoms. The van der Waals surface area contributed by atoms with Gasteiger partial charge in [0, 0.05) is 38.1 Å². The van der Waals surface area contributed by atoms with E-state index in [1.807, 2.05) is 34.3 Å². The van der Waals surface area contributed by atoms with Crippen LogP contribution < -0.4 is 9.64 Å². The number of β-amino-alcohol motifs (C(OH)–C–C–N with tert-alkyl or cyclic N) is 1. The van der Waals surface area contributed by atoms with E-state index < -0.39 is 5.60 Å². The average molecular weight is 670 g/mol. The lowest BCUT2D eigenvalue weighted by atomic mass is 9.94. The molecule has 0 aliphatic carbocycles. The van der Waals surface area contributed by atoms with Crippen LogP contribution in [0.2, 0.25) is 0 Å². The number of nitrogens with zero attached hydrogens (tertiary/aromatic N) is 8. The van der Waals surface area contributed by atoms with Gasteiger partial charge in [-0.15, -0.1) is 0 Å². The fourth-order valence-corrected chi connectivity index (χ4v) is 8.42. The lowest BCUT2D eigenvalue weighted by Crippen LogP contribution is -2.44. The summed E-state index contributed by atoms with van der Waals surface area (Å²) in [5.41, 5.74) is 3.78. The maximum absolute atomic E-state index is 14.8. The fourth-order valence-electron chi connectivity index (χ4n) is 8.42. The quantitative estimate of drug-likeness (QED) is 0.268. The van der Waals surface area contributed by atoms with Crippen LogP contribution in [-0.4, -0.2) is 102 Å². The van der Waals surface area contributed by atoms with Gasteiger partial charge < -0.3 is 24.0 Å². The first-order valence-corrected chi connectivity index (χ1v) is 16.6. The number of halogens is 2. The minimum absolute atomic E-state index is 0.197. The lowest BCUT2D eigenvalue weighted by Gasteiger charge is -2.31. The van der Waals surface area contributed by atoms with Gasteiger partial charge in [-0.1, -0.05) is 6.07 Å². The minimum atomic E-state index is -1.12. The van der Waals surface area contributed by atoms with E-state index >= 15 is 0 Å². The predicted octanol–water partition coefficient (Wildman–Crippen LogP) is 4.75. The van der Waals surface area contributed by atoms with Gasteiger partial charge in [0.25, 0.3) is 0 Å². The molecule has 9 rings (SSSR count). The molecule has 49 heavy (non-hydrogen) atoms. The molecular formula is C35H37F2N9O3. The zero-order valence-electron chi connectivity index (χ0n) is 27.6. The zero-order chi connectivity index (χ0) is 33.7. The second kappa shape index (κ2) is 10.9. The number of aryl methyl sites for hydroxylation is 2. The Labute approximate surface area is 279 Å². The highest BCUT2D eigenvalue weighted by molar-refractivity contribution is 6.19. The first kappa shape index (κ1) is 30.4. The highest BCUT2D eigenvalue weighted by Crippen LogP contribution is 2.45. The van der Waals surface area contributed by atoms with E-state index in [4.69, 9.17) is 24.5 Å². The van der Waals surface area contributed by atoms with Crippen molar-refractivity contribution in [2.45, 2.75) is 37.3 Å². The first-order chi connectivity index (χ1) is 23.6. The number of anilines is 1. The van der Waals surface area contributed by atoms with Crippen LogP contribution in [0.15, 0.2) is 42.4 Å². The summed E-state index contributed by atoms with van der Waals surface area (Å²) in [6.07, 6.45) is 5.02. The van der Waals surface area contributed by atoms with E-state index in [0.717, 1.165) is 69.6 Å². The van der Waals surface area contributed by atoms with Crippen molar-refractivity contribution in [1.29, 1.82) is 0 Å². The molecule has 3 fully saturated rings. The third-order valence-electron chi connectivity index (χ3n) is 10.6. The molecule has 3 aliphatic heterocycles. The van der Waals surface area contributed by atoms with Gasteiger partial charge in [0.2, 0.25) is 0 Å². The van der Waals surface area contributed by atoms with Gasteiger partial charge in [-0.25, -0.2) is 8.78 Å². The van der Waals surface area contributed by atoms with Crippen molar-refractivity contribution in [2.75, 3.05) is 50.9 Å². The first-order valence-electron chi connectivity index (χ1n) is 16.6. The predicted molar refractivity (Wildman–Crippen MR) is 182 cm³/mol. The number of H-pyrrole nitrogens is 1. The topological polar surface area (TPSA) is 122 Å². The van der Waals surface area contributed by atoms with E-state index in [1.165, 1.54) is 12.1 Å². The molecule has 6 aromatic rings. The second-order valence-corrected chi connectivity index (χ2v) is 14.2. The summed E-state index contributed by atoms with van der Waals surface area (Å²) in [7, 11) is 3.81. The molecule has 0 radical (unpaired) electrons. The molecule has 2 atom stereocenters. The van der Waals surface area contributed by atoms with E-state index in [0.29, 0.717) is 55.3 Å². The van der Waals surface area contributed by atoms with E-state index in [-0.39, 0.29) is 30.5 Å². The molecule has 0 saturated carbocycles. The van der Waals surface area contributed by atoms with Crippen molar-refractivity contribution in [3.63, 3.8) is 0 Å². The SMILES string of the molecule is Cn1nc(-c2c3cc(F)ccc3cc3[nH]ncc23)c2c1c1c(N3CCOC[C@@](C)(O)C3)nc(OC[C@@]34CCCN3C/C(=C\F)C4)nc1n2C. The second-order valence-electron chi connectivity index (χ2n) is 14.2. The van der Waals surface area contributed by atoms with E-state index in [1.54, 1.807) is 19.2 Å². The molecule has 0 spiro atoms. The van der Waals surface area contributed by atoms with E-state index in [9.17, 15) is 13.9 Å². The molecule has 0 bridgehead atoms. The van der Waals surface area contributed by atoms with Gasteiger partial charge >= 0.3 is 6.01 Å². The number of hydrogen-bond acceptors (Lipinski definition) is 9. The third-order valence-corrected chi connectivity index (χ3v) is 10.6. The molecule has 12 nitrogen and oxygen atoms in total. The van der Waals surface area contributed by atoms with E-state index in [2.05, 4.69) is 15.1 Å². The Morgan fingerprint density at radius 1 is 1.14 bits per heavy atom. The number of aromatic amines is 1. The summed E-state index contributed by atoms with van der Waals surface area (Å²) in [6.45, 7) is 4.95. The van der Waals surface area contributed by atoms with Crippen molar-refractivity contribution in [1.82, 2.24) is 39.4 Å². The van der Waals surface area contributed by atoms with Gasteiger partial charge in [-0.3, -0.25) is 14.7 Å². The molecule has 2 aromatic carbocycles. The molecule has 254 valence electrons. The molecule has 3 saturated heterocycles. The zero-order valence-corrected chi connectivity index (χ0v) is 27.6. The van der Waals surface area contributed by atoms with Crippen LogP contribution in [0, 0.1) is 5.82 Å². The number of aromatic nitrogens is 7. The number of aliphatic hydroxyl groups is 1. The Balaban J connectivity index is 1.26. The van der Waals surface area contributed by atoms with Crippen LogP contribution in [0.4, 0.5) is 14.6 Å². The Hall–Kier alpha value is -4.66. The smallest absolute Gasteiger partial charge is 0.320 e. The molecule has 0 amide bonds. The highest BCUT2D eigenvalue weighted by Gasteiger charge is 2.47. The van der Waals surface area contributed by atoms with Crippen molar-refractivity contribution in [2.24, 2.45) is 14.1 Å². The highest BCUT2D eigenvalue weighted by atomic mass is 19.1. The summed E-state index contributed by atoms with van der Waals surface area (Å²) in [5, 5.41) is 26.8. The Morgan fingerprint density at radius 3 is 2.88 bits per heavy atom. The molecule has 7 heterocycles. The normalized spacial score (nSPS) is 24.3. The third kappa shape index (κ3) is 4.71. The van der Waals surface area contributed by atoms with Gasteiger partial charge in [0.1, 0.15) is 29.5 Å². The Morgan fingerprint density at radius 2 is 2.02 bits per heavy atom. The van der Waals surface area contributed by atoms with Gasteiger partial charge in [-0.2, -0.15) is 20.2 Å². The molecule has 0 unspecified atom stereocenters. The monoisotopic (exact) mass is 669 g/mol. The van der Waals surface area contributed by atoms with Crippen LogP contribution in [-0.2, 0) is 18.8 Å².